The molecule has 10 nitrogen and oxygen atoms in total. The van der Waals surface area contributed by atoms with Crippen molar-refractivity contribution >= 4 is 28.6 Å². The summed E-state index contributed by atoms with van der Waals surface area (Å²) in [7, 11) is 3.20. The van der Waals surface area contributed by atoms with Crippen LogP contribution >= 0.6 is 11.8 Å². The Morgan fingerprint density at radius 2 is 1.78 bits per heavy atom. The average molecular weight is 719 g/mol. The maximum absolute atomic E-state index is 15.7. The molecule has 0 N–H and O–H groups in total. The van der Waals surface area contributed by atoms with Crippen molar-refractivity contribution in [3.05, 3.63) is 35.1 Å². The summed E-state index contributed by atoms with van der Waals surface area (Å²) in [5.41, 5.74) is 0.961. The third kappa shape index (κ3) is 10.5. The fourth-order valence-electron chi connectivity index (χ4n) is 7.71. The average Bonchev–Trinajstić information content (AvgIpc) is 3.48. The van der Waals surface area contributed by atoms with Crippen molar-refractivity contribution in [2.75, 3.05) is 72.5 Å². The van der Waals surface area contributed by atoms with Gasteiger partial charge in [-0.05, 0) is 37.7 Å². The van der Waals surface area contributed by atoms with E-state index >= 15 is 4.39 Å². The smallest absolute Gasteiger partial charge is 0.248 e. The first-order chi connectivity index (χ1) is 24.2. The molecule has 1 saturated carbocycles. The van der Waals surface area contributed by atoms with E-state index < -0.39 is 6.29 Å². The number of nitrogens with zero attached hydrogens (tertiary/aromatic N) is 4. The quantitative estimate of drug-likeness (QED) is 0.137. The standard InChI is InChI=1S/C38H59FN4O6S/c1-28(2)36-40-32(26-50-36)37(45)42-20-23-49-38(27-42)16-18-41(19-17-38)24-30-11-9-10-29(35(30)39)14-21-48-22-15-33(44)43(25-34(46-3)47-4)31-12-7-5-6-8-13-31/h9-11,28,31-32,34H,5-8,12-27H2,1-4H3. The summed E-state index contributed by atoms with van der Waals surface area (Å²) < 4.78 is 38.7. The van der Waals surface area contributed by atoms with E-state index in [1.807, 2.05) is 28.0 Å². The molecule has 0 aromatic heterocycles. The largest absolute Gasteiger partial charge is 0.381 e. The predicted molar refractivity (Wildman–Crippen MR) is 195 cm³/mol. The Labute approximate surface area is 302 Å². The van der Waals surface area contributed by atoms with Crippen LogP contribution in [0.15, 0.2) is 23.2 Å². The van der Waals surface area contributed by atoms with Crippen LogP contribution in [0.3, 0.4) is 0 Å². The molecule has 3 fully saturated rings. The minimum absolute atomic E-state index is 0.0488. The van der Waals surface area contributed by atoms with Crippen molar-refractivity contribution in [3.63, 3.8) is 0 Å². The molecule has 2 saturated heterocycles. The first-order valence-electron chi connectivity index (χ1n) is 18.8. The lowest BCUT2D eigenvalue weighted by molar-refractivity contribution is -0.160. The molecule has 1 unspecified atom stereocenters. The van der Waals surface area contributed by atoms with E-state index in [1.165, 1.54) is 12.8 Å². The highest BCUT2D eigenvalue weighted by Crippen LogP contribution is 2.33. The number of ether oxygens (including phenoxy) is 4. The van der Waals surface area contributed by atoms with Crippen LogP contribution in [-0.4, -0.2) is 128 Å². The van der Waals surface area contributed by atoms with Gasteiger partial charge in [0.1, 0.15) is 11.9 Å². The number of rotatable bonds is 15. The third-order valence-corrected chi connectivity index (χ3v) is 12.1. The summed E-state index contributed by atoms with van der Waals surface area (Å²) in [5, 5.41) is 1.07. The molecular weight excluding hydrogens is 660 g/mol. The molecule has 5 rings (SSSR count). The maximum Gasteiger partial charge on any atom is 0.248 e. The summed E-state index contributed by atoms with van der Waals surface area (Å²) in [4.78, 5) is 37.5. The van der Waals surface area contributed by atoms with Gasteiger partial charge in [0.05, 0.1) is 43.4 Å². The minimum atomic E-state index is -0.458. The number of likely N-dealkylation sites (tertiary alicyclic amines) is 1. The number of hydrogen-bond acceptors (Lipinski definition) is 9. The highest BCUT2D eigenvalue weighted by molar-refractivity contribution is 8.14. The van der Waals surface area contributed by atoms with E-state index in [4.69, 9.17) is 23.9 Å². The fraction of sp³-hybridized carbons (Fsp3) is 0.763. The second-order valence-corrected chi connectivity index (χ2v) is 15.7. The van der Waals surface area contributed by atoms with Crippen molar-refractivity contribution in [3.8, 4) is 0 Å². The molecule has 12 heteroatoms. The van der Waals surface area contributed by atoms with Crippen LogP contribution in [0.5, 0.6) is 0 Å². The molecule has 1 atom stereocenters. The SMILES string of the molecule is COC(CN(C(=O)CCOCCc1cccc(CN2CCC3(CC2)CN(C(=O)C2CSC(C(C)C)=N2)CCO3)c1F)C1CCCCCC1)OC. The fourth-order valence-corrected chi connectivity index (χ4v) is 8.79. The van der Waals surface area contributed by atoms with Crippen LogP contribution < -0.4 is 0 Å². The normalized spacial score (nSPS) is 21.9. The Morgan fingerprint density at radius 3 is 2.46 bits per heavy atom. The molecule has 1 aliphatic carbocycles. The molecule has 3 aliphatic heterocycles. The number of hydrogen-bond donors (Lipinski definition) is 0. The van der Waals surface area contributed by atoms with Gasteiger partial charge in [-0.2, -0.15) is 0 Å². The topological polar surface area (TPSA) is 93.1 Å². The van der Waals surface area contributed by atoms with Crippen LogP contribution in [0.25, 0.3) is 0 Å². The van der Waals surface area contributed by atoms with E-state index in [-0.39, 0.29) is 41.7 Å². The lowest BCUT2D eigenvalue weighted by Crippen LogP contribution is -2.59. The van der Waals surface area contributed by atoms with Gasteiger partial charge in [-0.3, -0.25) is 19.5 Å². The van der Waals surface area contributed by atoms with Crippen molar-refractivity contribution < 1.29 is 32.9 Å². The lowest BCUT2D eigenvalue weighted by Gasteiger charge is -2.47. The maximum atomic E-state index is 15.7. The Morgan fingerprint density at radius 1 is 1.06 bits per heavy atom. The second-order valence-electron chi connectivity index (χ2n) is 14.6. The molecule has 50 heavy (non-hydrogen) atoms. The van der Waals surface area contributed by atoms with E-state index in [0.717, 1.165) is 62.4 Å². The van der Waals surface area contributed by atoms with E-state index in [0.29, 0.717) is 69.5 Å². The van der Waals surface area contributed by atoms with Gasteiger partial charge in [0.25, 0.3) is 0 Å². The van der Waals surface area contributed by atoms with Crippen LogP contribution in [0.2, 0.25) is 0 Å². The number of methoxy groups -OCH3 is 2. The molecule has 0 radical (unpaired) electrons. The number of aliphatic imine (C=N–C) groups is 1. The van der Waals surface area contributed by atoms with Crippen LogP contribution in [0, 0.1) is 11.7 Å². The van der Waals surface area contributed by atoms with Gasteiger partial charge in [-0.1, -0.05) is 57.7 Å². The van der Waals surface area contributed by atoms with Gasteiger partial charge in [-0.25, -0.2) is 4.39 Å². The summed E-state index contributed by atoms with van der Waals surface area (Å²) >= 11 is 1.70. The Bertz CT molecular complexity index is 1280. The molecule has 1 spiro atoms. The van der Waals surface area contributed by atoms with Gasteiger partial charge in [0.15, 0.2) is 6.29 Å². The summed E-state index contributed by atoms with van der Waals surface area (Å²) in [6, 6.07) is 5.51. The van der Waals surface area contributed by atoms with Gasteiger partial charge in [0.2, 0.25) is 11.8 Å². The highest BCUT2D eigenvalue weighted by atomic mass is 32.2. The zero-order valence-electron chi connectivity index (χ0n) is 30.7. The van der Waals surface area contributed by atoms with Crippen molar-refractivity contribution in [1.82, 2.24) is 14.7 Å². The van der Waals surface area contributed by atoms with Crippen LogP contribution in [0.1, 0.15) is 82.8 Å². The molecular formula is C38H59FN4O6S. The second kappa shape index (κ2) is 19.1. The van der Waals surface area contributed by atoms with Gasteiger partial charge in [0, 0.05) is 70.2 Å². The third-order valence-electron chi connectivity index (χ3n) is 10.8. The van der Waals surface area contributed by atoms with Gasteiger partial charge < -0.3 is 28.7 Å². The summed E-state index contributed by atoms with van der Waals surface area (Å²) in [6.07, 6.45) is 8.56. The highest BCUT2D eigenvalue weighted by Gasteiger charge is 2.43. The van der Waals surface area contributed by atoms with Gasteiger partial charge >= 0.3 is 0 Å². The monoisotopic (exact) mass is 718 g/mol. The number of amides is 2. The molecule has 1 aromatic carbocycles. The number of benzene rings is 1. The van der Waals surface area contributed by atoms with Crippen molar-refractivity contribution in [2.45, 2.75) is 109 Å². The van der Waals surface area contributed by atoms with E-state index in [9.17, 15) is 9.59 Å². The van der Waals surface area contributed by atoms with Crippen LogP contribution in [0.4, 0.5) is 4.39 Å². The lowest BCUT2D eigenvalue weighted by atomic mass is 9.89. The first-order valence-corrected chi connectivity index (χ1v) is 19.7. The number of piperidine rings is 1. The first kappa shape index (κ1) is 39.1. The van der Waals surface area contributed by atoms with E-state index in [2.05, 4.69) is 18.7 Å². The number of morpholine rings is 1. The van der Waals surface area contributed by atoms with Crippen molar-refractivity contribution in [1.29, 1.82) is 0 Å². The molecule has 2 amide bonds. The zero-order chi connectivity index (χ0) is 35.5. The Hall–Kier alpha value is -2.09. The Kier molecular flexibility index (Phi) is 15.0. The number of carbonyl (C=O) groups is 2. The Balaban J connectivity index is 1.06. The number of carbonyl (C=O) groups excluding carboxylic acids is 2. The van der Waals surface area contributed by atoms with Gasteiger partial charge in [-0.15, -0.1) is 11.8 Å². The summed E-state index contributed by atoms with van der Waals surface area (Å²) in [5.74, 6) is 1.06. The van der Waals surface area contributed by atoms with E-state index in [1.54, 1.807) is 26.0 Å². The zero-order valence-corrected chi connectivity index (χ0v) is 31.5. The molecule has 1 aromatic rings. The predicted octanol–water partition coefficient (Wildman–Crippen LogP) is 5.31. The summed E-state index contributed by atoms with van der Waals surface area (Å²) in [6.45, 7) is 9.13. The van der Waals surface area contributed by atoms with Crippen molar-refractivity contribution in [2.24, 2.45) is 10.9 Å². The van der Waals surface area contributed by atoms with Crippen LogP contribution in [-0.2, 0) is 41.5 Å². The molecule has 280 valence electrons. The number of halogens is 1. The molecule has 4 aliphatic rings. The minimum Gasteiger partial charge on any atom is -0.381 e. The molecule has 3 heterocycles. The molecule has 0 bridgehead atoms. The number of thioether (sulfide) groups is 1.